The lowest BCUT2D eigenvalue weighted by molar-refractivity contribution is -0.113. The van der Waals surface area contributed by atoms with E-state index in [0.717, 1.165) is 28.8 Å². The predicted octanol–water partition coefficient (Wildman–Crippen LogP) is 5.01. The molecular formula is C28H29N5O2S. The minimum atomic E-state index is -0.393. The molecule has 1 aliphatic carbocycles. The molecule has 0 spiro atoms. The first-order valence-electron chi connectivity index (χ1n) is 11.9. The van der Waals surface area contributed by atoms with Crippen LogP contribution < -0.4 is 10.9 Å². The molecule has 2 heterocycles. The second-order valence-corrected chi connectivity index (χ2v) is 11.0. The van der Waals surface area contributed by atoms with Crippen LogP contribution in [0.3, 0.4) is 0 Å². The average molecular weight is 500 g/mol. The van der Waals surface area contributed by atoms with Crippen molar-refractivity contribution in [1.82, 2.24) is 19.2 Å². The molecule has 2 aromatic heterocycles. The lowest BCUT2D eigenvalue weighted by atomic mass is 9.72. The zero-order valence-electron chi connectivity index (χ0n) is 21.0. The van der Waals surface area contributed by atoms with Crippen LogP contribution in [0.2, 0.25) is 0 Å². The number of hydrogen-bond acceptors (Lipinski definition) is 5. The monoisotopic (exact) mass is 499 g/mol. The smallest absolute Gasteiger partial charge is 0.265 e. The number of carbonyl (C=O) groups excluding carboxylic acids is 1. The van der Waals surface area contributed by atoms with E-state index in [1.165, 1.54) is 17.3 Å². The summed E-state index contributed by atoms with van der Waals surface area (Å²) in [6.45, 7) is 12.5. The molecule has 0 unspecified atom stereocenters. The Balaban J connectivity index is 1.58. The Labute approximate surface area is 214 Å². The fourth-order valence-electron chi connectivity index (χ4n) is 4.83. The summed E-state index contributed by atoms with van der Waals surface area (Å²) in [4.78, 5) is 31.7. The lowest BCUT2D eigenvalue weighted by Gasteiger charge is -2.32. The van der Waals surface area contributed by atoms with E-state index in [4.69, 9.17) is 10.1 Å². The molecule has 0 bridgehead atoms. The van der Waals surface area contributed by atoms with Gasteiger partial charge in [-0.2, -0.15) is 0 Å². The molecule has 4 aromatic rings. The third-order valence-electron chi connectivity index (χ3n) is 6.33. The Morgan fingerprint density at radius 3 is 2.72 bits per heavy atom. The molecule has 0 fully saturated rings. The van der Waals surface area contributed by atoms with Gasteiger partial charge in [-0.25, -0.2) is 14.1 Å². The zero-order valence-corrected chi connectivity index (χ0v) is 21.8. The summed E-state index contributed by atoms with van der Waals surface area (Å²) < 4.78 is 3.26. The molecular weight excluding hydrogens is 470 g/mol. The molecule has 1 N–H and O–H groups in total. The summed E-state index contributed by atoms with van der Waals surface area (Å²) in [6.07, 6.45) is 0.750. The average Bonchev–Trinajstić information content (AvgIpc) is 3.14. The van der Waals surface area contributed by atoms with Gasteiger partial charge in [-0.05, 0) is 43.5 Å². The van der Waals surface area contributed by atoms with E-state index in [-0.39, 0.29) is 17.2 Å². The maximum Gasteiger partial charge on any atom is 0.265 e. The number of aromatic nitrogens is 4. The minimum Gasteiger partial charge on any atom is -0.325 e. The SMILES string of the molecule is C=C(C)Cn1nc(SCC(=O)Nc2cccc(C)c2)n2c(=O)c3c(nc12)-c1ccccc1CC3(C)C. The van der Waals surface area contributed by atoms with E-state index in [2.05, 4.69) is 31.8 Å². The number of aryl methyl sites for hydroxylation is 1. The summed E-state index contributed by atoms with van der Waals surface area (Å²) >= 11 is 1.23. The summed E-state index contributed by atoms with van der Waals surface area (Å²) in [7, 11) is 0. The second-order valence-electron chi connectivity index (χ2n) is 10.1. The van der Waals surface area contributed by atoms with Crippen molar-refractivity contribution >= 4 is 29.1 Å². The number of allylic oxidation sites excluding steroid dienone is 1. The number of benzene rings is 2. The summed E-state index contributed by atoms with van der Waals surface area (Å²) in [5.74, 6) is 0.403. The van der Waals surface area contributed by atoms with Crippen LogP contribution in [0.1, 0.15) is 37.5 Å². The van der Waals surface area contributed by atoms with Crippen molar-refractivity contribution in [1.29, 1.82) is 0 Å². The predicted molar refractivity (Wildman–Crippen MR) is 145 cm³/mol. The number of hydrogen-bond donors (Lipinski definition) is 1. The van der Waals surface area contributed by atoms with E-state index in [0.29, 0.717) is 28.7 Å². The fourth-order valence-corrected chi connectivity index (χ4v) is 5.61. The standard InChI is InChI=1S/C28H29N5O2S/c1-17(2)15-32-26-30-24-21-12-7-6-10-19(21)14-28(4,5)23(24)25(35)33(26)27(31-32)36-16-22(34)29-20-11-8-9-18(3)13-20/h6-13H,1,14-16H2,2-5H3,(H,29,34). The van der Waals surface area contributed by atoms with E-state index in [9.17, 15) is 9.59 Å². The van der Waals surface area contributed by atoms with E-state index >= 15 is 0 Å². The number of rotatable bonds is 6. The fraction of sp³-hybridized carbons (Fsp3) is 0.286. The number of nitrogens with one attached hydrogen (secondary N) is 1. The maximum absolute atomic E-state index is 14.0. The van der Waals surface area contributed by atoms with Crippen LogP contribution in [-0.2, 0) is 23.2 Å². The molecule has 0 atom stereocenters. The molecule has 7 nitrogen and oxygen atoms in total. The van der Waals surface area contributed by atoms with Gasteiger partial charge >= 0.3 is 0 Å². The van der Waals surface area contributed by atoms with Gasteiger partial charge in [0.1, 0.15) is 0 Å². The molecule has 0 aliphatic heterocycles. The van der Waals surface area contributed by atoms with Crippen LogP contribution in [0.4, 0.5) is 5.69 Å². The largest absolute Gasteiger partial charge is 0.325 e. The number of amides is 1. The van der Waals surface area contributed by atoms with Crippen LogP contribution in [0.5, 0.6) is 0 Å². The van der Waals surface area contributed by atoms with Crippen LogP contribution in [0.25, 0.3) is 17.0 Å². The van der Waals surface area contributed by atoms with Crippen molar-refractivity contribution < 1.29 is 4.79 Å². The number of thioether (sulfide) groups is 1. The Morgan fingerprint density at radius 2 is 1.97 bits per heavy atom. The molecule has 5 rings (SSSR count). The molecule has 0 saturated heterocycles. The van der Waals surface area contributed by atoms with Gasteiger partial charge in [-0.15, -0.1) is 5.10 Å². The van der Waals surface area contributed by atoms with Gasteiger partial charge in [0.25, 0.3) is 5.56 Å². The highest BCUT2D eigenvalue weighted by Crippen LogP contribution is 2.40. The van der Waals surface area contributed by atoms with Crippen LogP contribution >= 0.6 is 11.8 Å². The van der Waals surface area contributed by atoms with Crippen LogP contribution in [-0.4, -0.2) is 30.8 Å². The molecule has 1 amide bonds. The quantitative estimate of drug-likeness (QED) is 0.298. The van der Waals surface area contributed by atoms with Gasteiger partial charge in [0.15, 0.2) is 5.16 Å². The third kappa shape index (κ3) is 4.37. The van der Waals surface area contributed by atoms with Crippen LogP contribution in [0, 0.1) is 6.92 Å². The highest BCUT2D eigenvalue weighted by molar-refractivity contribution is 7.99. The molecule has 8 heteroatoms. The highest BCUT2D eigenvalue weighted by Gasteiger charge is 2.36. The summed E-state index contributed by atoms with van der Waals surface area (Å²) in [6, 6.07) is 15.8. The maximum atomic E-state index is 14.0. The first-order valence-corrected chi connectivity index (χ1v) is 12.9. The second kappa shape index (κ2) is 9.09. The van der Waals surface area contributed by atoms with Gasteiger partial charge < -0.3 is 5.32 Å². The number of anilines is 1. The van der Waals surface area contributed by atoms with E-state index in [1.807, 2.05) is 56.3 Å². The number of nitrogens with zero attached hydrogens (tertiary/aromatic N) is 4. The molecule has 0 radical (unpaired) electrons. The Hall–Kier alpha value is -3.65. The summed E-state index contributed by atoms with van der Waals surface area (Å²) in [5.41, 5.74) is 5.73. The van der Waals surface area contributed by atoms with Crippen molar-refractivity contribution in [3.05, 3.63) is 87.7 Å². The Kier molecular flexibility index (Phi) is 6.08. The number of carbonyl (C=O) groups is 1. The Morgan fingerprint density at radius 1 is 1.19 bits per heavy atom. The topological polar surface area (TPSA) is 81.3 Å². The van der Waals surface area contributed by atoms with E-state index < -0.39 is 5.41 Å². The molecule has 36 heavy (non-hydrogen) atoms. The highest BCUT2D eigenvalue weighted by atomic mass is 32.2. The van der Waals surface area contributed by atoms with Crippen molar-refractivity contribution in [2.45, 2.75) is 51.2 Å². The lowest BCUT2D eigenvalue weighted by Crippen LogP contribution is -2.36. The molecule has 1 aliphatic rings. The van der Waals surface area contributed by atoms with Gasteiger partial charge in [-0.3, -0.25) is 9.59 Å². The third-order valence-corrected chi connectivity index (χ3v) is 7.26. The first-order chi connectivity index (χ1) is 17.1. The van der Waals surface area contributed by atoms with E-state index in [1.54, 1.807) is 9.08 Å². The van der Waals surface area contributed by atoms with Gasteiger partial charge in [0.2, 0.25) is 11.7 Å². The Bertz CT molecular complexity index is 1580. The van der Waals surface area contributed by atoms with Gasteiger partial charge in [0.05, 0.1) is 23.6 Å². The molecule has 184 valence electrons. The zero-order chi connectivity index (χ0) is 25.6. The minimum absolute atomic E-state index is 0.114. The van der Waals surface area contributed by atoms with Gasteiger partial charge in [0, 0.05) is 16.7 Å². The first kappa shape index (κ1) is 24.1. The number of fused-ring (bicyclic) bond motifs is 4. The van der Waals surface area contributed by atoms with Crippen molar-refractivity contribution in [2.24, 2.45) is 0 Å². The molecule has 0 saturated carbocycles. The van der Waals surface area contributed by atoms with Crippen molar-refractivity contribution in [3.8, 4) is 11.3 Å². The molecule has 2 aromatic carbocycles. The van der Waals surface area contributed by atoms with Crippen molar-refractivity contribution in [2.75, 3.05) is 11.1 Å². The normalized spacial score (nSPS) is 13.8. The summed E-state index contributed by atoms with van der Waals surface area (Å²) in [5, 5.41) is 8.06. The van der Waals surface area contributed by atoms with Gasteiger partial charge in [-0.1, -0.05) is 74.2 Å². The van der Waals surface area contributed by atoms with Crippen LogP contribution in [0.15, 0.2) is 70.6 Å². The van der Waals surface area contributed by atoms with Crippen molar-refractivity contribution in [3.63, 3.8) is 0 Å².